The van der Waals surface area contributed by atoms with Crippen molar-refractivity contribution in [2.75, 3.05) is 10.2 Å². The number of nitrogens with zero attached hydrogens (tertiary/aromatic N) is 1. The maximum atomic E-state index is 13.4. The van der Waals surface area contributed by atoms with Crippen molar-refractivity contribution in [1.29, 1.82) is 0 Å². The zero-order valence-corrected chi connectivity index (χ0v) is 17.1. The fraction of sp³-hybridized carbons (Fsp3) is 0.0833. The summed E-state index contributed by atoms with van der Waals surface area (Å²) in [5.74, 6) is -1.42. The van der Waals surface area contributed by atoms with Crippen LogP contribution in [-0.4, -0.2) is 11.8 Å². The van der Waals surface area contributed by atoms with E-state index in [9.17, 15) is 14.0 Å². The van der Waals surface area contributed by atoms with Gasteiger partial charge in [-0.05, 0) is 61.4 Å². The molecular formula is C24H18ClFN2O2. The van der Waals surface area contributed by atoms with Gasteiger partial charge in [0.15, 0.2) is 0 Å². The Balaban J connectivity index is 1.82. The first-order chi connectivity index (χ1) is 14.3. The standard InChI is InChI=1S/C24H18ClFN2O2/c1-14-3-10-18(11-4-14)27-22-21(16-6-8-17(26)9-7-16)23(29)28(24(22)30)19-12-5-15(2)20(25)13-19/h3-13,27H,1-2H3. The number of nitrogens with one attached hydrogen (secondary N) is 1. The van der Waals surface area contributed by atoms with Crippen molar-refractivity contribution in [2.45, 2.75) is 13.8 Å². The number of anilines is 2. The molecule has 1 aliphatic heterocycles. The van der Waals surface area contributed by atoms with Gasteiger partial charge < -0.3 is 5.32 Å². The Morgan fingerprint density at radius 3 is 2.17 bits per heavy atom. The fourth-order valence-electron chi connectivity index (χ4n) is 3.27. The number of imide groups is 1. The summed E-state index contributed by atoms with van der Waals surface area (Å²) in [5, 5.41) is 3.53. The van der Waals surface area contributed by atoms with E-state index in [4.69, 9.17) is 11.6 Å². The quantitative estimate of drug-likeness (QED) is 0.567. The predicted molar refractivity (Wildman–Crippen MR) is 117 cm³/mol. The number of aryl methyl sites for hydroxylation is 2. The van der Waals surface area contributed by atoms with Gasteiger partial charge in [-0.2, -0.15) is 0 Å². The molecule has 3 aromatic rings. The molecule has 1 aliphatic rings. The second-order valence-electron chi connectivity index (χ2n) is 7.13. The third kappa shape index (κ3) is 3.60. The SMILES string of the molecule is Cc1ccc(NC2=C(c3ccc(F)cc3)C(=O)N(c3ccc(C)c(Cl)c3)C2=O)cc1. The molecule has 0 aromatic heterocycles. The summed E-state index contributed by atoms with van der Waals surface area (Å²) in [6.07, 6.45) is 0. The van der Waals surface area contributed by atoms with Gasteiger partial charge in [0.05, 0.1) is 11.3 Å². The number of hydrogen-bond acceptors (Lipinski definition) is 3. The van der Waals surface area contributed by atoms with E-state index >= 15 is 0 Å². The summed E-state index contributed by atoms with van der Waals surface area (Å²) in [4.78, 5) is 27.7. The van der Waals surface area contributed by atoms with Gasteiger partial charge >= 0.3 is 0 Å². The lowest BCUT2D eigenvalue weighted by Crippen LogP contribution is -2.32. The van der Waals surface area contributed by atoms with Crippen molar-refractivity contribution in [3.8, 4) is 0 Å². The third-order valence-electron chi connectivity index (χ3n) is 4.95. The van der Waals surface area contributed by atoms with Gasteiger partial charge in [0, 0.05) is 10.7 Å². The normalized spacial score (nSPS) is 13.9. The highest BCUT2D eigenvalue weighted by Crippen LogP contribution is 2.35. The van der Waals surface area contributed by atoms with Crippen molar-refractivity contribution in [3.63, 3.8) is 0 Å². The summed E-state index contributed by atoms with van der Waals surface area (Å²) >= 11 is 6.22. The average molecular weight is 421 g/mol. The molecule has 150 valence electrons. The molecule has 0 bridgehead atoms. The van der Waals surface area contributed by atoms with Crippen molar-refractivity contribution in [2.24, 2.45) is 0 Å². The van der Waals surface area contributed by atoms with Gasteiger partial charge in [-0.3, -0.25) is 9.59 Å². The molecule has 1 heterocycles. The molecule has 0 spiro atoms. The van der Waals surface area contributed by atoms with E-state index in [1.54, 1.807) is 18.2 Å². The Bertz CT molecular complexity index is 1180. The minimum Gasteiger partial charge on any atom is -0.350 e. The number of halogens is 2. The maximum absolute atomic E-state index is 13.4. The molecule has 0 aliphatic carbocycles. The monoisotopic (exact) mass is 420 g/mol. The van der Waals surface area contributed by atoms with E-state index in [2.05, 4.69) is 5.32 Å². The van der Waals surface area contributed by atoms with Gasteiger partial charge in [0.25, 0.3) is 11.8 Å². The minimum atomic E-state index is -0.500. The molecule has 0 unspecified atom stereocenters. The van der Waals surface area contributed by atoms with Crippen molar-refractivity contribution < 1.29 is 14.0 Å². The van der Waals surface area contributed by atoms with Crippen LogP contribution in [-0.2, 0) is 9.59 Å². The van der Waals surface area contributed by atoms with Crippen molar-refractivity contribution in [3.05, 3.63) is 100.0 Å². The first kappa shape index (κ1) is 19.9. The molecule has 3 aromatic carbocycles. The van der Waals surface area contributed by atoms with Crippen LogP contribution >= 0.6 is 11.6 Å². The number of carbonyl (C=O) groups is 2. The zero-order chi connectivity index (χ0) is 21.4. The molecule has 0 radical (unpaired) electrons. The van der Waals surface area contributed by atoms with Gasteiger partial charge in [-0.1, -0.05) is 47.5 Å². The lowest BCUT2D eigenvalue weighted by molar-refractivity contribution is -0.120. The highest BCUT2D eigenvalue weighted by Gasteiger charge is 2.40. The zero-order valence-electron chi connectivity index (χ0n) is 16.4. The largest absolute Gasteiger partial charge is 0.350 e. The van der Waals surface area contributed by atoms with Crippen LogP contribution in [0.3, 0.4) is 0 Å². The summed E-state index contributed by atoms with van der Waals surface area (Å²) < 4.78 is 13.4. The van der Waals surface area contributed by atoms with E-state index in [-0.39, 0.29) is 11.3 Å². The molecule has 0 fully saturated rings. The van der Waals surface area contributed by atoms with E-state index in [0.717, 1.165) is 16.0 Å². The number of amides is 2. The summed E-state index contributed by atoms with van der Waals surface area (Å²) in [6, 6.07) is 18.0. The third-order valence-corrected chi connectivity index (χ3v) is 5.36. The van der Waals surface area contributed by atoms with Gasteiger partial charge in [0.2, 0.25) is 0 Å². The maximum Gasteiger partial charge on any atom is 0.282 e. The molecule has 4 nitrogen and oxygen atoms in total. The smallest absolute Gasteiger partial charge is 0.282 e. The lowest BCUT2D eigenvalue weighted by atomic mass is 10.0. The van der Waals surface area contributed by atoms with Crippen LogP contribution in [0.15, 0.2) is 72.4 Å². The summed E-state index contributed by atoms with van der Waals surface area (Å²) in [7, 11) is 0. The van der Waals surface area contributed by atoms with Crippen LogP contribution in [0.1, 0.15) is 16.7 Å². The molecule has 0 saturated carbocycles. The Hall–Kier alpha value is -3.44. The number of carbonyl (C=O) groups excluding carboxylic acids is 2. The Morgan fingerprint density at radius 1 is 0.867 bits per heavy atom. The molecule has 30 heavy (non-hydrogen) atoms. The van der Waals surface area contributed by atoms with Gasteiger partial charge in [-0.25, -0.2) is 9.29 Å². The van der Waals surface area contributed by atoms with Gasteiger partial charge in [-0.15, -0.1) is 0 Å². The Kier molecular flexibility index (Phi) is 5.14. The van der Waals surface area contributed by atoms with E-state index < -0.39 is 17.6 Å². The predicted octanol–water partition coefficient (Wildman–Crippen LogP) is 5.49. The van der Waals surface area contributed by atoms with Crippen LogP contribution < -0.4 is 10.2 Å². The second-order valence-corrected chi connectivity index (χ2v) is 7.53. The molecule has 2 amide bonds. The highest BCUT2D eigenvalue weighted by atomic mass is 35.5. The topological polar surface area (TPSA) is 49.4 Å². The molecule has 0 saturated heterocycles. The van der Waals surface area contributed by atoms with Crippen molar-refractivity contribution in [1.82, 2.24) is 0 Å². The van der Waals surface area contributed by atoms with Crippen LogP contribution in [0, 0.1) is 19.7 Å². The number of hydrogen-bond donors (Lipinski definition) is 1. The Morgan fingerprint density at radius 2 is 1.53 bits per heavy atom. The van der Waals surface area contributed by atoms with E-state index in [1.165, 1.54) is 24.3 Å². The first-order valence-corrected chi connectivity index (χ1v) is 9.72. The van der Waals surface area contributed by atoms with Crippen LogP contribution in [0.4, 0.5) is 15.8 Å². The molecule has 1 N–H and O–H groups in total. The second kappa shape index (κ2) is 7.76. The van der Waals surface area contributed by atoms with Crippen molar-refractivity contribution >= 4 is 40.4 Å². The number of rotatable bonds is 4. The van der Waals surface area contributed by atoms with E-state index in [0.29, 0.717) is 22.0 Å². The van der Waals surface area contributed by atoms with Gasteiger partial charge in [0.1, 0.15) is 11.5 Å². The molecule has 4 rings (SSSR count). The molecule has 0 atom stereocenters. The van der Waals surface area contributed by atoms with E-state index in [1.807, 2.05) is 38.1 Å². The highest BCUT2D eigenvalue weighted by molar-refractivity contribution is 6.46. The number of benzene rings is 3. The summed E-state index contributed by atoms with van der Waals surface area (Å²) in [5.41, 5.74) is 3.71. The molecule has 6 heteroatoms. The lowest BCUT2D eigenvalue weighted by Gasteiger charge is -2.16. The molecular weight excluding hydrogens is 403 g/mol. The average Bonchev–Trinajstić information content (AvgIpc) is 2.96. The van der Waals surface area contributed by atoms with Crippen LogP contribution in [0.5, 0.6) is 0 Å². The minimum absolute atomic E-state index is 0.132. The fourth-order valence-corrected chi connectivity index (χ4v) is 3.44. The van der Waals surface area contributed by atoms with Crippen LogP contribution in [0.2, 0.25) is 5.02 Å². The Labute approximate surface area is 178 Å². The van der Waals surface area contributed by atoms with Crippen LogP contribution in [0.25, 0.3) is 5.57 Å². The first-order valence-electron chi connectivity index (χ1n) is 9.34. The summed E-state index contributed by atoms with van der Waals surface area (Å²) in [6.45, 7) is 3.80.